The lowest BCUT2D eigenvalue weighted by atomic mass is 9.87. The van der Waals surface area contributed by atoms with Crippen molar-refractivity contribution in [3.8, 4) is 0 Å². The van der Waals surface area contributed by atoms with Gasteiger partial charge in [0.2, 0.25) is 0 Å². The van der Waals surface area contributed by atoms with Gasteiger partial charge in [-0.05, 0) is 36.9 Å². The fourth-order valence-corrected chi connectivity index (χ4v) is 3.41. The minimum Gasteiger partial charge on any atom is -0.396 e. The molecule has 0 aromatic carbocycles. The molecule has 0 heterocycles. The summed E-state index contributed by atoms with van der Waals surface area (Å²) in [5, 5.41) is 9.56. The second-order valence-electron chi connectivity index (χ2n) is 4.74. The van der Waals surface area contributed by atoms with Gasteiger partial charge in [0, 0.05) is 17.9 Å². The molecule has 0 saturated heterocycles. The van der Waals surface area contributed by atoms with Crippen LogP contribution in [0.5, 0.6) is 0 Å². The molecular weight excluding hydrogens is 194 g/mol. The molecule has 1 aliphatic rings. The maximum atomic E-state index is 8.94. The van der Waals surface area contributed by atoms with Gasteiger partial charge in [-0.25, -0.2) is 0 Å². The SMILES string of the molecule is CC(CO)CSC1CC(C)CCC1N. The van der Waals surface area contributed by atoms with Crippen molar-refractivity contribution < 1.29 is 5.11 Å². The van der Waals surface area contributed by atoms with Gasteiger partial charge in [-0.3, -0.25) is 0 Å². The summed E-state index contributed by atoms with van der Waals surface area (Å²) in [4.78, 5) is 0. The van der Waals surface area contributed by atoms with E-state index < -0.39 is 0 Å². The lowest BCUT2D eigenvalue weighted by Gasteiger charge is -2.32. The van der Waals surface area contributed by atoms with Crippen LogP contribution in [0.3, 0.4) is 0 Å². The van der Waals surface area contributed by atoms with Crippen LogP contribution in [0.4, 0.5) is 0 Å². The number of hydrogen-bond donors (Lipinski definition) is 2. The Morgan fingerprint density at radius 3 is 2.86 bits per heavy atom. The molecule has 84 valence electrons. The first-order valence-electron chi connectivity index (χ1n) is 5.61. The van der Waals surface area contributed by atoms with Gasteiger partial charge in [-0.1, -0.05) is 13.8 Å². The van der Waals surface area contributed by atoms with Crippen LogP contribution in [-0.4, -0.2) is 28.8 Å². The molecule has 4 unspecified atom stereocenters. The second-order valence-corrected chi connectivity index (χ2v) is 6.01. The second kappa shape index (κ2) is 5.99. The molecule has 0 radical (unpaired) electrons. The van der Waals surface area contributed by atoms with E-state index >= 15 is 0 Å². The van der Waals surface area contributed by atoms with Gasteiger partial charge < -0.3 is 10.8 Å². The molecule has 14 heavy (non-hydrogen) atoms. The van der Waals surface area contributed by atoms with Crippen LogP contribution < -0.4 is 5.73 Å². The smallest absolute Gasteiger partial charge is 0.0464 e. The molecule has 1 rings (SSSR count). The third kappa shape index (κ3) is 3.79. The molecule has 1 saturated carbocycles. The Morgan fingerprint density at radius 2 is 2.21 bits per heavy atom. The number of aliphatic hydroxyl groups is 1. The quantitative estimate of drug-likeness (QED) is 0.755. The van der Waals surface area contributed by atoms with Crippen LogP contribution >= 0.6 is 11.8 Å². The van der Waals surface area contributed by atoms with Crippen LogP contribution in [-0.2, 0) is 0 Å². The third-order valence-corrected chi connectivity index (χ3v) is 4.74. The van der Waals surface area contributed by atoms with Crippen molar-refractivity contribution in [2.75, 3.05) is 12.4 Å². The van der Waals surface area contributed by atoms with Gasteiger partial charge in [-0.2, -0.15) is 11.8 Å². The summed E-state index contributed by atoms with van der Waals surface area (Å²) in [6, 6.07) is 0.377. The van der Waals surface area contributed by atoms with Crippen molar-refractivity contribution in [2.45, 2.75) is 44.4 Å². The number of aliphatic hydroxyl groups excluding tert-OH is 1. The first-order chi connectivity index (χ1) is 6.63. The fraction of sp³-hybridized carbons (Fsp3) is 1.00. The van der Waals surface area contributed by atoms with E-state index in [1.54, 1.807) is 0 Å². The normalized spacial score (nSPS) is 35.6. The van der Waals surface area contributed by atoms with Gasteiger partial charge >= 0.3 is 0 Å². The highest BCUT2D eigenvalue weighted by molar-refractivity contribution is 7.99. The van der Waals surface area contributed by atoms with Gasteiger partial charge in [0.05, 0.1) is 0 Å². The lowest BCUT2D eigenvalue weighted by Crippen LogP contribution is -2.38. The molecule has 0 aromatic rings. The van der Waals surface area contributed by atoms with E-state index in [0.717, 1.165) is 11.7 Å². The maximum absolute atomic E-state index is 8.94. The zero-order chi connectivity index (χ0) is 10.6. The summed E-state index contributed by atoms with van der Waals surface area (Å²) in [5.74, 6) is 2.28. The predicted molar refractivity (Wildman–Crippen MR) is 63.5 cm³/mol. The average molecular weight is 217 g/mol. The lowest BCUT2D eigenvalue weighted by molar-refractivity contribution is 0.250. The molecule has 1 aliphatic carbocycles. The van der Waals surface area contributed by atoms with Crippen molar-refractivity contribution >= 4 is 11.8 Å². The highest BCUT2D eigenvalue weighted by Gasteiger charge is 2.26. The van der Waals surface area contributed by atoms with Crippen molar-refractivity contribution in [2.24, 2.45) is 17.6 Å². The topological polar surface area (TPSA) is 46.2 Å². The summed E-state index contributed by atoms with van der Waals surface area (Å²) in [6.45, 7) is 4.70. The van der Waals surface area contributed by atoms with Crippen molar-refractivity contribution in [3.63, 3.8) is 0 Å². The molecule has 0 bridgehead atoms. The molecule has 3 heteroatoms. The molecule has 3 N–H and O–H groups in total. The average Bonchev–Trinajstić information content (AvgIpc) is 2.19. The minimum absolute atomic E-state index is 0.296. The largest absolute Gasteiger partial charge is 0.396 e. The Balaban J connectivity index is 2.27. The Hall–Kier alpha value is 0.270. The molecular formula is C11H23NOS. The first kappa shape index (κ1) is 12.3. The fourth-order valence-electron chi connectivity index (χ4n) is 1.88. The highest BCUT2D eigenvalue weighted by atomic mass is 32.2. The highest BCUT2D eigenvalue weighted by Crippen LogP contribution is 2.32. The Labute approximate surface area is 91.6 Å². The van der Waals surface area contributed by atoms with Gasteiger partial charge in [0.15, 0.2) is 0 Å². The number of rotatable bonds is 4. The predicted octanol–water partition coefficient (Wildman–Crippen LogP) is 1.86. The van der Waals surface area contributed by atoms with E-state index in [-0.39, 0.29) is 0 Å². The van der Waals surface area contributed by atoms with Gasteiger partial charge in [0.1, 0.15) is 0 Å². The molecule has 2 nitrogen and oxygen atoms in total. The van der Waals surface area contributed by atoms with Gasteiger partial charge in [-0.15, -0.1) is 0 Å². The maximum Gasteiger partial charge on any atom is 0.0464 e. The zero-order valence-electron chi connectivity index (χ0n) is 9.28. The number of hydrogen-bond acceptors (Lipinski definition) is 3. The van der Waals surface area contributed by atoms with E-state index in [1.165, 1.54) is 19.3 Å². The Morgan fingerprint density at radius 1 is 1.50 bits per heavy atom. The Bertz CT molecular complexity index is 165. The van der Waals surface area contributed by atoms with E-state index in [9.17, 15) is 0 Å². The summed E-state index contributed by atoms with van der Waals surface area (Å²) in [5.41, 5.74) is 6.09. The van der Waals surface area contributed by atoms with E-state index in [4.69, 9.17) is 10.8 Å². The third-order valence-electron chi connectivity index (χ3n) is 3.01. The summed E-state index contributed by atoms with van der Waals surface area (Å²) >= 11 is 1.96. The van der Waals surface area contributed by atoms with Crippen molar-refractivity contribution in [1.82, 2.24) is 0 Å². The summed E-state index contributed by atoms with van der Waals surface area (Å²) in [6.07, 6.45) is 3.71. The van der Waals surface area contributed by atoms with E-state index in [0.29, 0.717) is 23.8 Å². The number of thioether (sulfide) groups is 1. The van der Waals surface area contributed by atoms with Crippen LogP contribution in [0.15, 0.2) is 0 Å². The van der Waals surface area contributed by atoms with Gasteiger partial charge in [0.25, 0.3) is 0 Å². The van der Waals surface area contributed by atoms with E-state index in [1.807, 2.05) is 11.8 Å². The minimum atomic E-state index is 0.296. The van der Waals surface area contributed by atoms with Crippen molar-refractivity contribution in [1.29, 1.82) is 0 Å². The zero-order valence-corrected chi connectivity index (χ0v) is 10.1. The van der Waals surface area contributed by atoms with Crippen LogP contribution in [0.2, 0.25) is 0 Å². The molecule has 0 aromatic heterocycles. The first-order valence-corrected chi connectivity index (χ1v) is 6.66. The summed E-state index contributed by atoms with van der Waals surface area (Å²) < 4.78 is 0. The van der Waals surface area contributed by atoms with Crippen molar-refractivity contribution in [3.05, 3.63) is 0 Å². The molecule has 0 amide bonds. The van der Waals surface area contributed by atoms with Crippen LogP contribution in [0.25, 0.3) is 0 Å². The number of nitrogens with two attached hydrogens (primary N) is 1. The van der Waals surface area contributed by atoms with Crippen LogP contribution in [0.1, 0.15) is 33.1 Å². The van der Waals surface area contributed by atoms with Crippen LogP contribution in [0, 0.1) is 11.8 Å². The molecule has 1 fully saturated rings. The molecule has 0 spiro atoms. The molecule has 4 atom stereocenters. The Kier molecular flexibility index (Phi) is 5.28. The standard InChI is InChI=1S/C11H23NOS/c1-8-3-4-10(12)11(5-8)14-7-9(2)6-13/h8-11,13H,3-7,12H2,1-2H3. The van der Waals surface area contributed by atoms with E-state index in [2.05, 4.69) is 13.8 Å². The summed E-state index contributed by atoms with van der Waals surface area (Å²) in [7, 11) is 0. The monoisotopic (exact) mass is 217 g/mol. The molecule has 0 aliphatic heterocycles.